The number of halogens is 7. The van der Waals surface area contributed by atoms with Gasteiger partial charge in [0.05, 0.1) is 37.7 Å². The van der Waals surface area contributed by atoms with E-state index in [-0.39, 0.29) is 129 Å². The van der Waals surface area contributed by atoms with Gasteiger partial charge in [0.25, 0.3) is 11.1 Å². The number of carboxylic acids is 1. The first-order chi connectivity index (χ1) is 47.0. The SMILES string of the molecule is CC(C)CC(C(=O)O)n1cc(CCCN2CCC2)c(C(F)(F)F)cc1=O.CCOC(=O)C[C@H](CC(=O)C(CC(C)C)n1cc(CCCN2CCC2)c(C)cc1=O)c1c(F)c(C)cc(-c2c(C)cc(C)cc2C)c1F.CCOC(=O)C[C@H](N)c1c(F)c(C)cc(-c2c(C)cc(C)cc2C)c1F.S.S. The molecule has 0 amide bonds. The molecule has 2 fully saturated rings. The Kier molecular flexibility index (Phi) is 33.5. The maximum absolute atomic E-state index is 16.7. The van der Waals surface area contributed by atoms with Crippen molar-refractivity contribution in [3.05, 3.63) is 183 Å². The molecule has 0 saturated carbocycles. The Labute approximate surface area is 610 Å². The molecule has 0 bridgehead atoms. The summed E-state index contributed by atoms with van der Waals surface area (Å²) < 4.78 is 115. The molecule has 23 heteroatoms. The number of aryl methyl sites for hydroxylation is 11. The van der Waals surface area contributed by atoms with Crippen molar-refractivity contribution in [2.75, 3.05) is 52.5 Å². The van der Waals surface area contributed by atoms with Gasteiger partial charge in [-0.2, -0.15) is 40.2 Å². The Morgan fingerprint density at radius 3 is 1.35 bits per heavy atom. The first-order valence-corrected chi connectivity index (χ1v) is 34.9. The normalized spacial score (nSPS) is 14.2. The van der Waals surface area contributed by atoms with Gasteiger partial charge >= 0.3 is 24.1 Å². The summed E-state index contributed by atoms with van der Waals surface area (Å²) in [6.07, 6.45) is 2.55. The molecule has 3 N–H and O–H groups in total. The number of Topliss-reactive ketones (excluding diaryl/α,β-unsaturated/α-hetero) is 1. The number of hydrogen-bond donors (Lipinski definition) is 2. The van der Waals surface area contributed by atoms with Crippen LogP contribution in [0.4, 0.5) is 30.7 Å². The standard InChI is InChI=1S/C40H52F2N2O4.C21H25F2NO2.C18H25F3N2O3.2H2S/c1-9-48-36(47)22-31(38-39(41)29(8)19-32(40(38)42)37-27(6)17-25(4)18-28(37)7)21-34(45)33(16-24(2)3)44-23-30(26(5)20-35(44)46)12-10-13-43-14-11-15-43;1-6-26-17(25)10-16(24)19-20(22)14(5)9-15(21(19)23)18-12(3)7-11(2)8-13(18)4;1-12(2)9-15(17(25)26)23-11-13(5-3-6-22-7-4-8-22)14(10-16(23)24)18(19,20)21;;/h17-20,23-24,31,33H,9-16,21-22H2,1-8H3;7-9,16H,6,10,24H2,1-5H3;10-12,15H,3-9H2,1-2H3,(H,25,26);2*1H2/t31-,33?;16-;;;/m00.../s1. The molecule has 14 nitrogen and oxygen atoms in total. The number of esters is 2. The second-order valence-electron chi connectivity index (χ2n) is 28.0. The highest BCUT2D eigenvalue weighted by atomic mass is 32.1. The van der Waals surface area contributed by atoms with Crippen LogP contribution in [0.2, 0.25) is 0 Å². The van der Waals surface area contributed by atoms with Crippen molar-refractivity contribution in [2.24, 2.45) is 17.6 Å². The van der Waals surface area contributed by atoms with Gasteiger partial charge < -0.3 is 39.2 Å². The summed E-state index contributed by atoms with van der Waals surface area (Å²) in [5, 5.41) is 9.42. The van der Waals surface area contributed by atoms with Gasteiger partial charge in [-0.1, -0.05) is 63.1 Å². The fourth-order valence-corrected chi connectivity index (χ4v) is 13.7. The van der Waals surface area contributed by atoms with Crippen molar-refractivity contribution in [3.8, 4) is 22.3 Å². The van der Waals surface area contributed by atoms with Gasteiger partial charge in [-0.3, -0.25) is 24.0 Å². The predicted octanol–water partition coefficient (Wildman–Crippen LogP) is 16.5. The van der Waals surface area contributed by atoms with Crippen LogP contribution in [0, 0.1) is 97.4 Å². The first kappa shape index (κ1) is 87.4. The summed E-state index contributed by atoms with van der Waals surface area (Å²) in [6, 6.07) is 9.80. The van der Waals surface area contributed by atoms with Gasteiger partial charge in [0, 0.05) is 65.2 Å². The number of aliphatic carboxylic acids is 1. The number of ether oxygens (including phenoxy) is 2. The van der Waals surface area contributed by atoms with Crippen LogP contribution in [0.25, 0.3) is 22.3 Å². The van der Waals surface area contributed by atoms with E-state index in [1.54, 1.807) is 53.8 Å². The van der Waals surface area contributed by atoms with Crippen LogP contribution >= 0.6 is 27.0 Å². The Balaban J connectivity index is 0.000000348. The van der Waals surface area contributed by atoms with E-state index in [9.17, 15) is 51.4 Å². The maximum atomic E-state index is 16.7. The zero-order chi connectivity index (χ0) is 74.4. The van der Waals surface area contributed by atoms with Crippen LogP contribution in [0.1, 0.15) is 201 Å². The lowest BCUT2D eigenvalue weighted by Gasteiger charge is -2.30. The summed E-state index contributed by atoms with van der Waals surface area (Å²) >= 11 is 0. The molecule has 2 unspecified atom stereocenters. The molecule has 6 aromatic rings. The summed E-state index contributed by atoms with van der Waals surface area (Å²) in [5.74, 6) is -6.88. The molecule has 0 radical (unpaired) electrons. The van der Waals surface area contributed by atoms with E-state index < -0.39 is 82.5 Å². The number of benzene rings is 4. The molecule has 4 aromatic carbocycles. The van der Waals surface area contributed by atoms with Crippen LogP contribution in [0.15, 0.2) is 70.5 Å². The van der Waals surface area contributed by atoms with E-state index in [0.29, 0.717) is 36.6 Å². The van der Waals surface area contributed by atoms with Crippen molar-refractivity contribution >= 4 is 50.7 Å². The van der Waals surface area contributed by atoms with Gasteiger partial charge in [-0.15, -0.1) is 0 Å². The molecule has 4 heterocycles. The summed E-state index contributed by atoms with van der Waals surface area (Å²) in [4.78, 5) is 80.7. The second kappa shape index (κ2) is 39.2. The minimum absolute atomic E-state index is 0. The number of nitrogens with zero attached hydrogens (tertiary/aromatic N) is 4. The van der Waals surface area contributed by atoms with E-state index in [4.69, 9.17) is 15.2 Å². The third-order valence-electron chi connectivity index (χ3n) is 18.7. The van der Waals surface area contributed by atoms with E-state index in [1.165, 1.54) is 23.1 Å². The van der Waals surface area contributed by atoms with Crippen molar-refractivity contribution < 1.29 is 64.5 Å². The van der Waals surface area contributed by atoms with E-state index >= 15 is 13.2 Å². The fourth-order valence-electron chi connectivity index (χ4n) is 13.7. The fraction of sp³-hybridized carbons (Fsp3) is 0.519. The molecule has 2 aliphatic heterocycles. The van der Waals surface area contributed by atoms with E-state index in [0.717, 1.165) is 113 Å². The van der Waals surface area contributed by atoms with Gasteiger partial charge in [0.1, 0.15) is 29.3 Å². The Bertz CT molecular complexity index is 3990. The number of alkyl halides is 3. The molecule has 8 rings (SSSR count). The van der Waals surface area contributed by atoms with Crippen LogP contribution < -0.4 is 16.9 Å². The molecule has 4 atom stereocenters. The summed E-state index contributed by atoms with van der Waals surface area (Å²) in [5.41, 5.74) is 13.1. The molecule has 102 heavy (non-hydrogen) atoms. The van der Waals surface area contributed by atoms with Crippen molar-refractivity contribution in [1.29, 1.82) is 0 Å². The number of likely N-dealkylation sites (tertiary alicyclic amines) is 2. The van der Waals surface area contributed by atoms with Crippen molar-refractivity contribution in [1.82, 2.24) is 18.9 Å². The van der Waals surface area contributed by atoms with Gasteiger partial charge in [0.15, 0.2) is 5.78 Å². The predicted molar refractivity (Wildman–Crippen MR) is 399 cm³/mol. The Morgan fingerprint density at radius 1 is 0.529 bits per heavy atom. The lowest BCUT2D eigenvalue weighted by molar-refractivity contribution is -0.144. The molecule has 2 saturated heterocycles. The van der Waals surface area contributed by atoms with Crippen LogP contribution in [0.3, 0.4) is 0 Å². The smallest absolute Gasteiger partial charge is 0.416 e. The number of nitrogens with two attached hydrogens (primary N) is 1. The van der Waals surface area contributed by atoms with Crippen LogP contribution in [-0.2, 0) is 47.7 Å². The highest BCUT2D eigenvalue weighted by molar-refractivity contribution is 7.59. The van der Waals surface area contributed by atoms with Crippen LogP contribution in [-0.4, -0.2) is 100 Å². The number of ketones is 1. The third-order valence-corrected chi connectivity index (χ3v) is 18.7. The minimum atomic E-state index is -4.64. The number of rotatable bonds is 28. The molecule has 0 spiro atoms. The summed E-state index contributed by atoms with van der Waals surface area (Å²) in [7, 11) is 0. The highest BCUT2D eigenvalue weighted by Crippen LogP contribution is 2.41. The molecular formula is C79H106F7N5O9S2. The Morgan fingerprint density at radius 2 is 0.931 bits per heavy atom. The molecular weight excluding hydrogens is 1360 g/mol. The van der Waals surface area contributed by atoms with Crippen molar-refractivity contribution in [2.45, 2.75) is 205 Å². The number of hydrogen-bond acceptors (Lipinski definition) is 11. The number of carbonyl (C=O) groups is 4. The average molecular weight is 1470 g/mol. The lowest BCUT2D eigenvalue weighted by Crippen LogP contribution is -2.38. The average Bonchev–Trinajstić information content (AvgIpc) is 0.777. The Hall–Kier alpha value is -7.05. The number of pyridine rings is 2. The molecule has 2 aliphatic rings. The maximum Gasteiger partial charge on any atom is 0.416 e. The van der Waals surface area contributed by atoms with Gasteiger partial charge in [-0.25, -0.2) is 22.4 Å². The number of carbonyl (C=O) groups excluding carboxylic acids is 3. The van der Waals surface area contributed by atoms with Crippen molar-refractivity contribution in [3.63, 3.8) is 0 Å². The zero-order valence-corrected chi connectivity index (χ0v) is 63.9. The number of carboxylic acid groups (broad SMARTS) is 1. The van der Waals surface area contributed by atoms with Crippen LogP contribution in [0.5, 0.6) is 0 Å². The quantitative estimate of drug-likeness (QED) is 0.0351. The monoisotopic (exact) mass is 1470 g/mol. The molecule has 562 valence electrons. The topological polar surface area (TPSA) is 183 Å². The largest absolute Gasteiger partial charge is 0.480 e. The lowest BCUT2D eigenvalue weighted by atomic mass is 9.83. The van der Waals surface area contributed by atoms with E-state index in [2.05, 4.69) is 9.80 Å². The van der Waals surface area contributed by atoms with Gasteiger partial charge in [-0.05, 0) is 252 Å². The second-order valence-corrected chi connectivity index (χ2v) is 28.0. The highest BCUT2D eigenvalue weighted by Gasteiger charge is 2.37. The third kappa shape index (κ3) is 23.0. The first-order valence-electron chi connectivity index (χ1n) is 34.9. The summed E-state index contributed by atoms with van der Waals surface area (Å²) in [6.45, 7) is 33.6. The molecule has 0 aliphatic carbocycles. The zero-order valence-electron chi connectivity index (χ0n) is 61.9. The number of aromatic nitrogens is 2. The minimum Gasteiger partial charge on any atom is -0.480 e. The molecule has 2 aromatic heterocycles. The van der Waals surface area contributed by atoms with E-state index in [1.807, 2.05) is 86.6 Å². The van der Waals surface area contributed by atoms with Gasteiger partial charge in [0.2, 0.25) is 0 Å².